The minimum atomic E-state index is -0.794. The summed E-state index contributed by atoms with van der Waals surface area (Å²) in [5, 5.41) is 3.82. The zero-order valence-electron chi connectivity index (χ0n) is 21.1. The number of rotatable bonds is 10. The summed E-state index contributed by atoms with van der Waals surface area (Å²) in [4.78, 5) is 28.6. The maximum atomic E-state index is 13.7. The number of hydrogen-bond acceptors (Lipinski definition) is 3. The fraction of sp³-hybridized carbons (Fsp3) is 0.310. The van der Waals surface area contributed by atoms with Gasteiger partial charge >= 0.3 is 0 Å². The standard InChI is InChI=1S/C29H32Cl2N2O3/c1-19(2)32-29(35)27(16-22-9-6-5-7-10-22)33(17-24-25(30)11-8-12-26(24)31)28(34)18-36-23-14-20(3)13-21(4)15-23/h5-15,19,27H,16-18H2,1-4H3,(H,32,35). The fourth-order valence-corrected chi connectivity index (χ4v) is 4.55. The van der Waals surface area contributed by atoms with Gasteiger partial charge in [0, 0.05) is 34.6 Å². The molecule has 0 bridgehead atoms. The molecule has 2 amide bonds. The Morgan fingerprint density at radius 1 is 0.917 bits per heavy atom. The van der Waals surface area contributed by atoms with Gasteiger partial charge in [-0.05, 0) is 68.7 Å². The maximum Gasteiger partial charge on any atom is 0.261 e. The van der Waals surface area contributed by atoms with E-state index < -0.39 is 6.04 Å². The van der Waals surface area contributed by atoms with Crippen molar-refractivity contribution < 1.29 is 14.3 Å². The highest BCUT2D eigenvalue weighted by atomic mass is 35.5. The number of halogens is 2. The van der Waals surface area contributed by atoms with Crippen molar-refractivity contribution in [1.29, 1.82) is 0 Å². The van der Waals surface area contributed by atoms with Crippen molar-refractivity contribution in [2.45, 2.75) is 52.7 Å². The summed E-state index contributed by atoms with van der Waals surface area (Å²) >= 11 is 12.9. The first-order valence-electron chi connectivity index (χ1n) is 11.9. The maximum absolute atomic E-state index is 13.7. The van der Waals surface area contributed by atoms with E-state index in [2.05, 4.69) is 5.32 Å². The minimum Gasteiger partial charge on any atom is -0.484 e. The van der Waals surface area contributed by atoms with Crippen molar-refractivity contribution in [1.82, 2.24) is 10.2 Å². The van der Waals surface area contributed by atoms with Crippen molar-refractivity contribution in [2.75, 3.05) is 6.61 Å². The van der Waals surface area contributed by atoms with Crippen molar-refractivity contribution in [3.63, 3.8) is 0 Å². The second kappa shape index (κ2) is 12.8. The quantitative estimate of drug-likeness (QED) is 0.344. The van der Waals surface area contributed by atoms with Gasteiger partial charge in [0.2, 0.25) is 5.91 Å². The van der Waals surface area contributed by atoms with E-state index in [0.29, 0.717) is 27.8 Å². The molecule has 0 aromatic heterocycles. The SMILES string of the molecule is Cc1cc(C)cc(OCC(=O)N(Cc2c(Cl)cccc2Cl)C(Cc2ccccc2)C(=O)NC(C)C)c1. The number of benzene rings is 3. The van der Waals surface area contributed by atoms with Gasteiger partial charge in [0.05, 0.1) is 0 Å². The molecule has 3 aromatic rings. The third kappa shape index (κ3) is 7.74. The van der Waals surface area contributed by atoms with Crippen LogP contribution in [0, 0.1) is 13.8 Å². The summed E-state index contributed by atoms with van der Waals surface area (Å²) < 4.78 is 5.88. The van der Waals surface area contributed by atoms with Gasteiger partial charge in [-0.3, -0.25) is 9.59 Å². The summed E-state index contributed by atoms with van der Waals surface area (Å²) in [6.45, 7) is 7.55. The summed E-state index contributed by atoms with van der Waals surface area (Å²) in [5.41, 5.74) is 3.58. The lowest BCUT2D eigenvalue weighted by molar-refractivity contribution is -0.143. The molecule has 1 N–H and O–H groups in total. The van der Waals surface area contributed by atoms with E-state index in [1.165, 1.54) is 4.90 Å². The van der Waals surface area contributed by atoms with Gasteiger partial charge in [0.1, 0.15) is 11.8 Å². The Balaban J connectivity index is 1.96. The molecule has 0 saturated heterocycles. The van der Waals surface area contributed by atoms with E-state index in [1.807, 2.05) is 76.2 Å². The molecule has 0 aliphatic heterocycles. The smallest absolute Gasteiger partial charge is 0.261 e. The highest BCUT2D eigenvalue weighted by molar-refractivity contribution is 6.36. The lowest BCUT2D eigenvalue weighted by Crippen LogP contribution is -2.52. The zero-order chi connectivity index (χ0) is 26.2. The summed E-state index contributed by atoms with van der Waals surface area (Å²) in [6, 6.07) is 19.7. The van der Waals surface area contributed by atoms with E-state index in [-0.39, 0.29) is 31.0 Å². The average Bonchev–Trinajstić information content (AvgIpc) is 2.81. The van der Waals surface area contributed by atoms with Crippen LogP contribution in [0.3, 0.4) is 0 Å². The van der Waals surface area contributed by atoms with Gasteiger partial charge in [0.15, 0.2) is 6.61 Å². The van der Waals surface area contributed by atoms with Crippen molar-refractivity contribution in [3.8, 4) is 5.75 Å². The number of amides is 2. The number of hydrogen-bond donors (Lipinski definition) is 1. The van der Waals surface area contributed by atoms with Gasteiger partial charge in [-0.1, -0.05) is 65.7 Å². The molecule has 5 nitrogen and oxygen atoms in total. The van der Waals surface area contributed by atoms with E-state index in [0.717, 1.165) is 16.7 Å². The van der Waals surface area contributed by atoms with Crippen LogP contribution in [0.25, 0.3) is 0 Å². The average molecular weight is 527 g/mol. The highest BCUT2D eigenvalue weighted by Gasteiger charge is 2.32. The second-order valence-corrected chi connectivity index (χ2v) is 10.0. The first-order chi connectivity index (χ1) is 17.1. The first-order valence-corrected chi connectivity index (χ1v) is 12.7. The molecule has 190 valence electrons. The molecule has 3 aromatic carbocycles. The van der Waals surface area contributed by atoms with Crippen LogP contribution in [0.15, 0.2) is 66.7 Å². The highest BCUT2D eigenvalue weighted by Crippen LogP contribution is 2.27. The van der Waals surface area contributed by atoms with Crippen LogP contribution in [-0.2, 0) is 22.6 Å². The van der Waals surface area contributed by atoms with Crippen LogP contribution in [0.5, 0.6) is 5.75 Å². The lowest BCUT2D eigenvalue weighted by Gasteiger charge is -2.32. The molecule has 0 radical (unpaired) electrons. The molecule has 0 fully saturated rings. The van der Waals surface area contributed by atoms with Crippen molar-refractivity contribution >= 4 is 35.0 Å². The molecule has 0 aliphatic carbocycles. The number of carbonyl (C=O) groups is 2. The van der Waals surface area contributed by atoms with Gasteiger partial charge in [-0.15, -0.1) is 0 Å². The van der Waals surface area contributed by atoms with Gasteiger partial charge in [0.25, 0.3) is 5.91 Å². The summed E-state index contributed by atoms with van der Waals surface area (Å²) in [7, 11) is 0. The van der Waals surface area contributed by atoms with Crippen LogP contribution < -0.4 is 10.1 Å². The summed E-state index contributed by atoms with van der Waals surface area (Å²) in [5.74, 6) is 0.00424. The Labute approximate surface area is 223 Å². The Hall–Kier alpha value is -3.02. The van der Waals surface area contributed by atoms with E-state index >= 15 is 0 Å². The van der Waals surface area contributed by atoms with Gasteiger partial charge in [-0.2, -0.15) is 0 Å². The third-order valence-corrected chi connectivity index (χ3v) is 6.36. The largest absolute Gasteiger partial charge is 0.484 e. The van der Waals surface area contributed by atoms with Gasteiger partial charge in [-0.25, -0.2) is 0 Å². The van der Waals surface area contributed by atoms with Crippen LogP contribution in [0.1, 0.15) is 36.1 Å². The molecule has 36 heavy (non-hydrogen) atoms. The predicted molar refractivity (Wildman–Crippen MR) is 146 cm³/mol. The Morgan fingerprint density at radius 3 is 2.11 bits per heavy atom. The first kappa shape index (κ1) is 27.6. The van der Waals surface area contributed by atoms with Crippen LogP contribution in [0.4, 0.5) is 0 Å². The van der Waals surface area contributed by atoms with Crippen LogP contribution in [0.2, 0.25) is 10.0 Å². The number of nitrogens with one attached hydrogen (secondary N) is 1. The van der Waals surface area contributed by atoms with E-state index in [4.69, 9.17) is 27.9 Å². The molecular weight excluding hydrogens is 495 g/mol. The molecule has 1 atom stereocenters. The number of carbonyl (C=O) groups excluding carboxylic acids is 2. The monoisotopic (exact) mass is 526 g/mol. The topological polar surface area (TPSA) is 58.6 Å². The van der Waals surface area contributed by atoms with E-state index in [9.17, 15) is 9.59 Å². The Kier molecular flexibility index (Phi) is 9.80. The summed E-state index contributed by atoms with van der Waals surface area (Å²) in [6.07, 6.45) is 0.330. The molecule has 0 heterocycles. The predicted octanol–water partition coefficient (Wildman–Crippen LogP) is 6.15. The lowest BCUT2D eigenvalue weighted by atomic mass is 10.0. The molecule has 0 aliphatic rings. The van der Waals surface area contributed by atoms with Gasteiger partial charge < -0.3 is 15.0 Å². The zero-order valence-corrected chi connectivity index (χ0v) is 22.6. The Morgan fingerprint density at radius 2 is 1.53 bits per heavy atom. The molecule has 7 heteroatoms. The molecule has 0 saturated carbocycles. The Bertz CT molecular complexity index is 1160. The van der Waals surface area contributed by atoms with Crippen molar-refractivity contribution in [3.05, 3.63) is 99.0 Å². The number of ether oxygens (including phenoxy) is 1. The molecule has 0 spiro atoms. The van der Waals surface area contributed by atoms with Crippen molar-refractivity contribution in [2.24, 2.45) is 0 Å². The fourth-order valence-electron chi connectivity index (χ4n) is 4.03. The third-order valence-electron chi connectivity index (χ3n) is 5.65. The number of aryl methyl sites for hydroxylation is 2. The van der Waals surface area contributed by atoms with Crippen LogP contribution >= 0.6 is 23.2 Å². The number of nitrogens with zero attached hydrogens (tertiary/aromatic N) is 1. The second-order valence-electron chi connectivity index (χ2n) is 9.20. The molecule has 3 rings (SSSR count). The van der Waals surface area contributed by atoms with Crippen LogP contribution in [-0.4, -0.2) is 35.4 Å². The molecular formula is C29H32Cl2N2O3. The molecule has 1 unspecified atom stereocenters. The van der Waals surface area contributed by atoms with E-state index in [1.54, 1.807) is 18.2 Å². The normalized spacial score (nSPS) is 11.8. The minimum absolute atomic E-state index is 0.0660.